The van der Waals surface area contributed by atoms with Gasteiger partial charge in [-0.25, -0.2) is 9.59 Å². The Kier molecular flexibility index (Phi) is 9.63. The van der Waals surface area contributed by atoms with Crippen molar-refractivity contribution in [1.29, 1.82) is 0 Å². The molecule has 0 unspecified atom stereocenters. The van der Waals surface area contributed by atoms with Crippen LogP contribution in [0.3, 0.4) is 0 Å². The van der Waals surface area contributed by atoms with Crippen LogP contribution in [0.1, 0.15) is 38.3 Å². The van der Waals surface area contributed by atoms with Gasteiger partial charge in [0.05, 0.1) is 17.8 Å². The number of nitrogens with one attached hydrogen (secondary N) is 2. The molecule has 1 aromatic heterocycles. The first-order valence-electron chi connectivity index (χ1n) is 12.3. The molecule has 196 valence electrons. The second-order valence-electron chi connectivity index (χ2n) is 10.0. The van der Waals surface area contributed by atoms with Gasteiger partial charge in [0.1, 0.15) is 5.60 Å². The van der Waals surface area contributed by atoms with Crippen LogP contribution in [0, 0.1) is 0 Å². The average Bonchev–Trinajstić information content (AvgIpc) is 2.84. The van der Waals surface area contributed by atoms with Gasteiger partial charge in [-0.3, -0.25) is 4.98 Å². The molecule has 0 bridgehead atoms. The quantitative estimate of drug-likeness (QED) is 0.314. The predicted molar refractivity (Wildman–Crippen MR) is 142 cm³/mol. The van der Waals surface area contributed by atoms with Gasteiger partial charge in [0, 0.05) is 17.8 Å². The van der Waals surface area contributed by atoms with Gasteiger partial charge in [0.2, 0.25) is 0 Å². The summed E-state index contributed by atoms with van der Waals surface area (Å²) in [7, 11) is 0. The Balaban J connectivity index is 1.73. The van der Waals surface area contributed by atoms with Gasteiger partial charge in [0.15, 0.2) is 0 Å². The van der Waals surface area contributed by atoms with Gasteiger partial charge < -0.3 is 25.6 Å². The molecule has 1 heterocycles. The number of benzene rings is 2. The standard InChI is InChI=1S/C29H35N3O5/c1-29(2,3)37-28(36)32-25(18-20-9-5-4-6-10-20)26(33)19-23(31-27(34)35)17-21-12-14-22(15-13-21)24-11-7-8-16-30-24/h4-16,23,25-26,31,33H,17-19H2,1-3H3,(H,32,36)(H,34,35)/t23-,25+,26+/m1/s1. The van der Waals surface area contributed by atoms with Crippen LogP contribution in [0.4, 0.5) is 9.59 Å². The summed E-state index contributed by atoms with van der Waals surface area (Å²) in [5.74, 6) is 0. The molecule has 3 aromatic rings. The number of aliphatic hydroxyl groups excluding tert-OH is 1. The summed E-state index contributed by atoms with van der Waals surface area (Å²) in [6.07, 6.45) is -0.286. The summed E-state index contributed by atoms with van der Waals surface area (Å²) in [4.78, 5) is 28.4. The minimum absolute atomic E-state index is 0.0988. The molecule has 0 aliphatic rings. The van der Waals surface area contributed by atoms with Gasteiger partial charge in [-0.15, -0.1) is 0 Å². The molecule has 4 N–H and O–H groups in total. The van der Waals surface area contributed by atoms with Crippen molar-refractivity contribution >= 4 is 12.2 Å². The summed E-state index contributed by atoms with van der Waals surface area (Å²) in [6.45, 7) is 5.30. The second kappa shape index (κ2) is 12.9. The second-order valence-corrected chi connectivity index (χ2v) is 10.0. The normalized spacial score (nSPS) is 13.7. The average molecular weight is 506 g/mol. The van der Waals surface area contributed by atoms with Crippen molar-refractivity contribution in [3.63, 3.8) is 0 Å². The number of aliphatic hydroxyl groups is 1. The van der Waals surface area contributed by atoms with Crippen LogP contribution >= 0.6 is 0 Å². The lowest BCUT2D eigenvalue weighted by atomic mass is 9.93. The first-order chi connectivity index (χ1) is 17.6. The fourth-order valence-electron chi connectivity index (χ4n) is 4.06. The molecule has 0 saturated heterocycles. The van der Waals surface area contributed by atoms with Crippen LogP contribution in [0.2, 0.25) is 0 Å². The molecule has 0 spiro atoms. The van der Waals surface area contributed by atoms with E-state index in [2.05, 4.69) is 15.6 Å². The van der Waals surface area contributed by atoms with E-state index in [1.54, 1.807) is 27.0 Å². The molecule has 0 fully saturated rings. The lowest BCUT2D eigenvalue weighted by Crippen LogP contribution is -2.49. The fraction of sp³-hybridized carbons (Fsp3) is 0.345. The van der Waals surface area contributed by atoms with Gasteiger partial charge in [0.25, 0.3) is 0 Å². The monoisotopic (exact) mass is 505 g/mol. The highest BCUT2D eigenvalue weighted by Crippen LogP contribution is 2.19. The van der Waals surface area contributed by atoms with E-state index in [1.165, 1.54) is 0 Å². The number of carbonyl (C=O) groups excluding carboxylic acids is 1. The molecule has 37 heavy (non-hydrogen) atoms. The molecule has 8 nitrogen and oxygen atoms in total. The lowest BCUT2D eigenvalue weighted by molar-refractivity contribution is 0.0400. The molecule has 3 atom stereocenters. The van der Waals surface area contributed by atoms with Crippen LogP contribution in [0.25, 0.3) is 11.3 Å². The molecule has 0 aliphatic carbocycles. The fourth-order valence-corrected chi connectivity index (χ4v) is 4.06. The number of aromatic nitrogens is 1. The van der Waals surface area contributed by atoms with Crippen LogP contribution in [0.5, 0.6) is 0 Å². The van der Waals surface area contributed by atoms with Crippen molar-refractivity contribution in [3.05, 3.63) is 90.1 Å². The molecule has 2 amide bonds. The zero-order valence-electron chi connectivity index (χ0n) is 21.4. The summed E-state index contributed by atoms with van der Waals surface area (Å²) >= 11 is 0. The molecular formula is C29H35N3O5. The molecule has 3 rings (SSSR count). The molecule has 0 aliphatic heterocycles. The highest BCUT2D eigenvalue weighted by molar-refractivity contribution is 5.68. The third kappa shape index (κ3) is 9.57. The maximum absolute atomic E-state index is 12.5. The number of amides is 2. The molecular weight excluding hydrogens is 470 g/mol. The maximum atomic E-state index is 12.5. The van der Waals surface area contributed by atoms with Gasteiger partial charge in [-0.1, -0.05) is 60.7 Å². The molecule has 2 aromatic carbocycles. The van der Waals surface area contributed by atoms with Crippen molar-refractivity contribution in [3.8, 4) is 11.3 Å². The number of hydrogen-bond acceptors (Lipinski definition) is 5. The third-order valence-electron chi connectivity index (χ3n) is 5.72. The third-order valence-corrected chi connectivity index (χ3v) is 5.72. The van der Waals surface area contributed by atoms with Gasteiger partial charge in [-0.2, -0.15) is 0 Å². The Labute approximate surface area is 217 Å². The molecule has 0 radical (unpaired) electrons. The van der Waals surface area contributed by atoms with E-state index in [1.807, 2.05) is 72.8 Å². The highest BCUT2D eigenvalue weighted by atomic mass is 16.6. The zero-order valence-corrected chi connectivity index (χ0v) is 21.4. The summed E-state index contributed by atoms with van der Waals surface area (Å²) < 4.78 is 5.39. The highest BCUT2D eigenvalue weighted by Gasteiger charge is 2.28. The largest absolute Gasteiger partial charge is 0.465 e. The maximum Gasteiger partial charge on any atom is 0.407 e. The number of ether oxygens (including phenoxy) is 1. The van der Waals surface area contributed by atoms with E-state index in [0.29, 0.717) is 12.8 Å². The molecule has 8 heteroatoms. The summed E-state index contributed by atoms with van der Waals surface area (Å²) in [5.41, 5.74) is 2.94. The topological polar surface area (TPSA) is 121 Å². The lowest BCUT2D eigenvalue weighted by Gasteiger charge is -2.29. The van der Waals surface area contributed by atoms with Gasteiger partial charge in [-0.05, 0) is 63.3 Å². The SMILES string of the molecule is CC(C)(C)OC(=O)N[C@@H](Cc1ccccc1)[C@@H](O)C[C@@H](Cc1ccc(-c2ccccn2)cc1)NC(=O)O. The van der Waals surface area contributed by atoms with Crippen molar-refractivity contribution in [2.24, 2.45) is 0 Å². The Hall–Kier alpha value is -3.91. The number of alkyl carbamates (subject to hydrolysis) is 1. The minimum atomic E-state index is -1.18. The van der Waals surface area contributed by atoms with Crippen LogP contribution < -0.4 is 10.6 Å². The minimum Gasteiger partial charge on any atom is -0.465 e. The van der Waals surface area contributed by atoms with Crippen molar-refractivity contribution in [1.82, 2.24) is 15.6 Å². The smallest absolute Gasteiger partial charge is 0.407 e. The summed E-state index contributed by atoms with van der Waals surface area (Å²) in [5, 5.41) is 25.9. The number of carboxylic acid groups (broad SMARTS) is 1. The number of pyridine rings is 1. The Morgan fingerprint density at radius 1 is 0.892 bits per heavy atom. The van der Waals surface area contributed by atoms with E-state index in [9.17, 15) is 19.8 Å². The number of rotatable bonds is 10. The Morgan fingerprint density at radius 3 is 2.14 bits per heavy atom. The molecule has 0 saturated carbocycles. The van der Waals surface area contributed by atoms with Crippen molar-refractivity contribution in [2.75, 3.05) is 0 Å². The van der Waals surface area contributed by atoms with E-state index >= 15 is 0 Å². The Bertz CT molecular complexity index is 1130. The first-order valence-corrected chi connectivity index (χ1v) is 12.3. The van der Waals surface area contributed by atoms with E-state index in [4.69, 9.17) is 4.74 Å². The van der Waals surface area contributed by atoms with Crippen LogP contribution in [-0.2, 0) is 17.6 Å². The number of nitrogens with zero attached hydrogens (tertiary/aromatic N) is 1. The van der Waals surface area contributed by atoms with Crippen LogP contribution in [0.15, 0.2) is 79.0 Å². The van der Waals surface area contributed by atoms with E-state index in [0.717, 1.165) is 22.4 Å². The summed E-state index contributed by atoms with van der Waals surface area (Å²) in [6, 6.07) is 21.6. The Morgan fingerprint density at radius 2 is 1.54 bits per heavy atom. The number of hydrogen-bond donors (Lipinski definition) is 4. The van der Waals surface area contributed by atoms with Crippen LogP contribution in [-0.4, -0.2) is 51.2 Å². The van der Waals surface area contributed by atoms with Gasteiger partial charge >= 0.3 is 12.2 Å². The van der Waals surface area contributed by atoms with Crippen molar-refractivity contribution < 1.29 is 24.5 Å². The number of carbonyl (C=O) groups is 2. The first kappa shape index (κ1) is 27.7. The van der Waals surface area contributed by atoms with Crippen molar-refractivity contribution in [2.45, 2.75) is 63.8 Å². The zero-order chi connectivity index (χ0) is 26.8. The predicted octanol–water partition coefficient (Wildman–Crippen LogP) is 4.81. The van der Waals surface area contributed by atoms with E-state index < -0.39 is 36.0 Å². The van der Waals surface area contributed by atoms with E-state index in [-0.39, 0.29) is 6.42 Å².